The minimum atomic E-state index is -1.03. The summed E-state index contributed by atoms with van der Waals surface area (Å²) in [5.41, 5.74) is 0.799. The van der Waals surface area contributed by atoms with Crippen LogP contribution < -0.4 is 10.3 Å². The number of aromatic hydroxyl groups is 1. The summed E-state index contributed by atoms with van der Waals surface area (Å²) in [7, 11) is 0. The number of amides is 2. The number of anilines is 1. The van der Waals surface area contributed by atoms with Crippen LogP contribution in [0.25, 0.3) is 10.4 Å². The van der Waals surface area contributed by atoms with Crippen molar-refractivity contribution in [2.24, 2.45) is 5.10 Å². The number of benzene rings is 1. The monoisotopic (exact) mass is 525 g/mol. The van der Waals surface area contributed by atoms with Gasteiger partial charge in [0.2, 0.25) is 0 Å². The minimum Gasteiger partial charge on any atom is -0.504 e. The van der Waals surface area contributed by atoms with Crippen LogP contribution in [0.15, 0.2) is 40.8 Å². The Labute approximate surface area is 206 Å². The summed E-state index contributed by atoms with van der Waals surface area (Å²) in [4.78, 5) is 36.9. The van der Waals surface area contributed by atoms with Gasteiger partial charge >= 0.3 is 5.97 Å². The summed E-state index contributed by atoms with van der Waals surface area (Å²) in [5, 5.41) is 29.4. The molecule has 3 aromatic rings. The Hall–Kier alpha value is -2.92. The van der Waals surface area contributed by atoms with Gasteiger partial charge in [-0.05, 0) is 36.8 Å². The van der Waals surface area contributed by atoms with Gasteiger partial charge < -0.3 is 15.5 Å². The smallest absolute Gasteiger partial charge is 0.305 e. The molecule has 0 saturated carbocycles. The van der Waals surface area contributed by atoms with Crippen LogP contribution in [0.3, 0.4) is 0 Å². The lowest BCUT2D eigenvalue weighted by Crippen LogP contribution is -2.25. The first-order chi connectivity index (χ1) is 15.7. The molecule has 0 spiro atoms. The van der Waals surface area contributed by atoms with E-state index in [1.807, 2.05) is 0 Å². The zero-order valence-corrected chi connectivity index (χ0v) is 20.2. The second-order valence-corrected chi connectivity index (χ2v) is 9.26. The first kappa shape index (κ1) is 24.7. The van der Waals surface area contributed by atoms with Gasteiger partial charge in [-0.2, -0.15) is 10.1 Å². The first-order valence-corrected chi connectivity index (χ1v) is 11.9. The van der Waals surface area contributed by atoms with E-state index in [-0.39, 0.29) is 34.2 Å². The third-order valence-electron chi connectivity index (χ3n) is 4.24. The fourth-order valence-electron chi connectivity index (χ4n) is 2.72. The summed E-state index contributed by atoms with van der Waals surface area (Å²) >= 11 is 14.2. The molecule has 12 heteroatoms. The Morgan fingerprint density at radius 3 is 2.55 bits per heavy atom. The van der Waals surface area contributed by atoms with E-state index in [0.717, 1.165) is 16.3 Å². The third-order valence-corrected chi connectivity index (χ3v) is 7.06. The molecule has 0 saturated heterocycles. The molecule has 8 nitrogen and oxygen atoms in total. The quantitative estimate of drug-likeness (QED) is 0.270. The fraction of sp³-hybridized carbons (Fsp3) is 0.143. The molecule has 0 radical (unpaired) electrons. The van der Waals surface area contributed by atoms with Crippen LogP contribution >= 0.6 is 45.9 Å². The van der Waals surface area contributed by atoms with Crippen molar-refractivity contribution in [3.05, 3.63) is 55.5 Å². The van der Waals surface area contributed by atoms with Gasteiger partial charge in [0.15, 0.2) is 5.75 Å². The SMILES string of the molecule is CC=NN(C(=O)c1ccc(C(=O)NCCC(=O)O)s1)c1csc(-c2ccc(Cl)c(Cl)c2)c1O. The molecule has 0 atom stereocenters. The van der Waals surface area contributed by atoms with E-state index in [1.165, 1.54) is 29.7 Å². The van der Waals surface area contributed by atoms with E-state index in [4.69, 9.17) is 28.3 Å². The van der Waals surface area contributed by atoms with Gasteiger partial charge in [-0.3, -0.25) is 14.4 Å². The molecule has 0 aliphatic heterocycles. The number of hydrazone groups is 1. The Bertz CT molecular complexity index is 1240. The van der Waals surface area contributed by atoms with Crippen LogP contribution in [-0.4, -0.2) is 40.8 Å². The predicted molar refractivity (Wildman–Crippen MR) is 131 cm³/mol. The molecule has 0 fully saturated rings. The molecule has 0 aliphatic rings. The summed E-state index contributed by atoms with van der Waals surface area (Å²) in [6.45, 7) is 1.60. The van der Waals surface area contributed by atoms with E-state index in [2.05, 4.69) is 10.4 Å². The van der Waals surface area contributed by atoms with Crippen molar-refractivity contribution in [3.8, 4) is 16.2 Å². The fourth-order valence-corrected chi connectivity index (χ4v) is 4.79. The standard InChI is InChI=1S/C21H17Cl2N3O5S2/c1-2-25-26(14-10-32-19(18(14)29)11-3-4-12(22)13(23)9-11)21(31)16-6-5-15(33-16)20(30)24-8-7-17(27)28/h2-6,9-10,29H,7-8H2,1H3,(H,24,30)(H,27,28). The topological polar surface area (TPSA) is 119 Å². The number of nitrogens with one attached hydrogen (secondary N) is 1. The van der Waals surface area contributed by atoms with Gasteiger partial charge in [0.05, 0.1) is 31.1 Å². The van der Waals surface area contributed by atoms with Gasteiger partial charge in [-0.15, -0.1) is 22.7 Å². The van der Waals surface area contributed by atoms with E-state index < -0.39 is 17.8 Å². The number of aliphatic carboxylic acids is 1. The molecule has 3 rings (SSSR count). The molecule has 2 amide bonds. The number of carbonyl (C=O) groups is 3. The van der Waals surface area contributed by atoms with E-state index in [1.54, 1.807) is 30.5 Å². The van der Waals surface area contributed by atoms with Crippen molar-refractivity contribution in [1.29, 1.82) is 0 Å². The number of nitrogens with zero attached hydrogens (tertiary/aromatic N) is 2. The Kier molecular flexibility index (Phi) is 8.09. The van der Waals surface area contributed by atoms with Gasteiger partial charge in [-0.1, -0.05) is 29.3 Å². The zero-order valence-electron chi connectivity index (χ0n) is 17.0. The van der Waals surface area contributed by atoms with E-state index in [0.29, 0.717) is 20.5 Å². The zero-order chi connectivity index (χ0) is 24.1. The number of carboxylic acids is 1. The second-order valence-electron chi connectivity index (χ2n) is 6.48. The number of carboxylic acid groups (broad SMARTS) is 1. The maximum atomic E-state index is 13.1. The third kappa shape index (κ3) is 5.72. The first-order valence-electron chi connectivity index (χ1n) is 9.41. The lowest BCUT2D eigenvalue weighted by molar-refractivity contribution is -0.136. The lowest BCUT2D eigenvalue weighted by atomic mass is 10.1. The molecule has 1 aromatic carbocycles. The van der Waals surface area contributed by atoms with Crippen LogP contribution in [0.5, 0.6) is 5.75 Å². The molecule has 0 bridgehead atoms. The Morgan fingerprint density at radius 2 is 1.88 bits per heavy atom. The van der Waals surface area contributed by atoms with Crippen LogP contribution in [0, 0.1) is 0 Å². The normalized spacial score (nSPS) is 11.0. The average Bonchev–Trinajstić information content (AvgIpc) is 3.41. The molecule has 33 heavy (non-hydrogen) atoms. The van der Waals surface area contributed by atoms with Gasteiger partial charge in [-0.25, -0.2) is 0 Å². The highest BCUT2D eigenvalue weighted by molar-refractivity contribution is 7.16. The number of hydrogen-bond acceptors (Lipinski definition) is 7. The van der Waals surface area contributed by atoms with Crippen molar-refractivity contribution < 1.29 is 24.6 Å². The molecule has 2 heterocycles. The second kappa shape index (κ2) is 10.8. The largest absolute Gasteiger partial charge is 0.504 e. The van der Waals surface area contributed by atoms with Gasteiger partial charge in [0.1, 0.15) is 5.69 Å². The van der Waals surface area contributed by atoms with Crippen molar-refractivity contribution in [3.63, 3.8) is 0 Å². The number of hydrogen-bond donors (Lipinski definition) is 3. The van der Waals surface area contributed by atoms with Crippen molar-refractivity contribution in [2.75, 3.05) is 11.6 Å². The number of halogens is 2. The summed E-state index contributed by atoms with van der Waals surface area (Å²) in [6.07, 6.45) is 1.20. The number of thiophene rings is 2. The highest BCUT2D eigenvalue weighted by atomic mass is 35.5. The van der Waals surface area contributed by atoms with Crippen LogP contribution in [0.1, 0.15) is 32.7 Å². The predicted octanol–water partition coefficient (Wildman–Crippen LogP) is 5.35. The highest BCUT2D eigenvalue weighted by Crippen LogP contribution is 2.45. The molecule has 172 valence electrons. The van der Waals surface area contributed by atoms with Crippen molar-refractivity contribution >= 4 is 75.6 Å². The molecule has 0 aliphatic carbocycles. The van der Waals surface area contributed by atoms with Crippen molar-refractivity contribution in [1.82, 2.24) is 5.32 Å². The average molecular weight is 526 g/mol. The summed E-state index contributed by atoms with van der Waals surface area (Å²) in [5.74, 6) is -2.20. The minimum absolute atomic E-state index is 0.0259. The number of rotatable bonds is 8. The van der Waals surface area contributed by atoms with Gasteiger partial charge in [0, 0.05) is 18.1 Å². The van der Waals surface area contributed by atoms with E-state index in [9.17, 15) is 19.5 Å². The maximum absolute atomic E-state index is 13.1. The van der Waals surface area contributed by atoms with Crippen LogP contribution in [-0.2, 0) is 4.79 Å². The Balaban J connectivity index is 1.85. The Morgan fingerprint density at radius 1 is 1.15 bits per heavy atom. The summed E-state index contributed by atoms with van der Waals surface area (Å²) < 4.78 is 0. The molecule has 3 N–H and O–H groups in total. The summed E-state index contributed by atoms with van der Waals surface area (Å²) in [6, 6.07) is 7.87. The molecular weight excluding hydrogens is 509 g/mol. The van der Waals surface area contributed by atoms with E-state index >= 15 is 0 Å². The van der Waals surface area contributed by atoms with Crippen LogP contribution in [0.4, 0.5) is 5.69 Å². The molecule has 0 unspecified atom stereocenters. The maximum Gasteiger partial charge on any atom is 0.305 e. The highest BCUT2D eigenvalue weighted by Gasteiger charge is 2.26. The van der Waals surface area contributed by atoms with Crippen LogP contribution in [0.2, 0.25) is 10.0 Å². The lowest BCUT2D eigenvalue weighted by Gasteiger charge is -2.15. The van der Waals surface area contributed by atoms with Gasteiger partial charge in [0.25, 0.3) is 11.8 Å². The van der Waals surface area contributed by atoms with Crippen molar-refractivity contribution in [2.45, 2.75) is 13.3 Å². The number of carbonyl (C=O) groups excluding carboxylic acids is 2. The molecule has 2 aromatic heterocycles. The molecular formula is C21H17Cl2N3O5S2.